The van der Waals surface area contributed by atoms with Crippen LogP contribution in [-0.4, -0.2) is 52.3 Å². The number of fused-ring (bicyclic) bond motifs is 1. The fourth-order valence-electron chi connectivity index (χ4n) is 3.57. The van der Waals surface area contributed by atoms with Crippen LogP contribution in [0.2, 0.25) is 0 Å². The largest absolute Gasteiger partial charge is 0.340 e. The average molecular weight is 382 g/mol. The molecule has 2 N–H and O–H groups in total. The lowest BCUT2D eigenvalue weighted by Crippen LogP contribution is -2.44. The molecule has 0 aromatic carbocycles. The molecule has 1 atom stereocenters. The summed E-state index contributed by atoms with van der Waals surface area (Å²) in [5.41, 5.74) is 0.490. The van der Waals surface area contributed by atoms with Gasteiger partial charge in [0.15, 0.2) is 11.6 Å². The number of H-pyrrole nitrogens is 2. The van der Waals surface area contributed by atoms with Crippen molar-refractivity contribution in [2.75, 3.05) is 6.54 Å². The van der Waals surface area contributed by atoms with E-state index in [1.54, 1.807) is 12.4 Å². The first-order valence-corrected chi connectivity index (χ1v) is 9.31. The molecule has 4 rings (SSSR count). The summed E-state index contributed by atoms with van der Waals surface area (Å²) in [7, 11) is 0. The summed E-state index contributed by atoms with van der Waals surface area (Å²) in [6.45, 7) is 5.31. The lowest BCUT2D eigenvalue weighted by Gasteiger charge is -2.37. The zero-order chi connectivity index (χ0) is 19.7. The number of aromatic nitrogens is 7. The van der Waals surface area contributed by atoms with E-state index in [1.165, 1.54) is 0 Å². The predicted octanol–water partition coefficient (Wildman–Crippen LogP) is 0.924. The van der Waals surface area contributed by atoms with Gasteiger partial charge in [-0.1, -0.05) is 13.8 Å². The number of aryl methyl sites for hydroxylation is 1. The second-order valence-electron chi connectivity index (χ2n) is 7.16. The molecule has 1 aliphatic heterocycles. The maximum atomic E-state index is 12.9. The van der Waals surface area contributed by atoms with E-state index in [4.69, 9.17) is 4.98 Å². The molecule has 3 aromatic heterocycles. The first kappa shape index (κ1) is 18.1. The Morgan fingerprint density at radius 3 is 2.89 bits per heavy atom. The molecule has 10 nitrogen and oxygen atoms in total. The summed E-state index contributed by atoms with van der Waals surface area (Å²) in [4.78, 5) is 37.4. The molecule has 28 heavy (non-hydrogen) atoms. The van der Waals surface area contributed by atoms with Crippen LogP contribution in [0.25, 0.3) is 11.4 Å². The van der Waals surface area contributed by atoms with Gasteiger partial charge in [-0.05, 0) is 18.1 Å². The highest BCUT2D eigenvalue weighted by Crippen LogP contribution is 2.32. The van der Waals surface area contributed by atoms with Crippen molar-refractivity contribution in [1.82, 2.24) is 39.8 Å². The van der Waals surface area contributed by atoms with Gasteiger partial charge in [-0.2, -0.15) is 10.2 Å². The normalized spacial score (nSPS) is 16.4. The molecule has 146 valence electrons. The molecule has 0 fully saturated rings. The van der Waals surface area contributed by atoms with Crippen molar-refractivity contribution in [2.24, 2.45) is 5.92 Å². The van der Waals surface area contributed by atoms with E-state index in [2.05, 4.69) is 39.1 Å². The third kappa shape index (κ3) is 3.45. The summed E-state index contributed by atoms with van der Waals surface area (Å²) >= 11 is 0. The topological polar surface area (TPSA) is 125 Å². The Labute approximate surface area is 161 Å². The van der Waals surface area contributed by atoms with Crippen molar-refractivity contribution in [1.29, 1.82) is 0 Å². The molecular weight excluding hydrogens is 360 g/mol. The van der Waals surface area contributed by atoms with Crippen molar-refractivity contribution in [2.45, 2.75) is 39.3 Å². The van der Waals surface area contributed by atoms with Crippen molar-refractivity contribution >= 4 is 5.91 Å². The zero-order valence-electron chi connectivity index (χ0n) is 15.8. The lowest BCUT2D eigenvalue weighted by molar-refractivity contribution is -0.136. The van der Waals surface area contributed by atoms with Crippen LogP contribution in [0.15, 0.2) is 29.3 Å². The number of nitrogens with zero attached hydrogens (tertiary/aromatic N) is 6. The number of nitrogens with one attached hydrogen (secondary N) is 2. The lowest BCUT2D eigenvalue weighted by atomic mass is 9.99. The first-order valence-electron chi connectivity index (χ1n) is 9.31. The molecule has 0 saturated heterocycles. The highest BCUT2D eigenvalue weighted by atomic mass is 16.2. The van der Waals surface area contributed by atoms with Crippen LogP contribution in [0.4, 0.5) is 0 Å². The Bertz CT molecular complexity index is 1020. The molecule has 0 saturated carbocycles. The Kier molecular flexibility index (Phi) is 4.76. The first-order chi connectivity index (χ1) is 13.5. The number of aromatic amines is 2. The van der Waals surface area contributed by atoms with Gasteiger partial charge >= 0.3 is 5.69 Å². The number of amides is 1. The molecule has 4 heterocycles. The summed E-state index contributed by atoms with van der Waals surface area (Å²) in [5.74, 6) is 2.09. The summed E-state index contributed by atoms with van der Waals surface area (Å²) in [6, 6.07) is 3.62. The standard InChI is InChI=1S/C18H22N8O2/c1-11(2)15-17-21-16(12-4-3-7-19-10-12)24-26(17)9-8-25(15)14(27)6-5-13-20-18(28)23-22-13/h3-4,7,10-11,15H,5-6,8-9H2,1-2H3,(H2,20,22,23,28)/t15-/m1/s1. The van der Waals surface area contributed by atoms with Crippen LogP contribution < -0.4 is 5.69 Å². The third-order valence-corrected chi connectivity index (χ3v) is 4.85. The van der Waals surface area contributed by atoms with E-state index in [1.807, 2.05) is 21.7 Å². The van der Waals surface area contributed by atoms with Crippen LogP contribution in [0.1, 0.15) is 38.0 Å². The Hall–Kier alpha value is -3.30. The molecule has 0 spiro atoms. The number of hydrogen-bond donors (Lipinski definition) is 2. The van der Waals surface area contributed by atoms with E-state index < -0.39 is 0 Å². The summed E-state index contributed by atoms with van der Waals surface area (Å²) in [5, 5.41) is 10.8. The second-order valence-corrected chi connectivity index (χ2v) is 7.16. The molecule has 10 heteroatoms. The van der Waals surface area contributed by atoms with Crippen LogP contribution >= 0.6 is 0 Å². The fourth-order valence-corrected chi connectivity index (χ4v) is 3.57. The van der Waals surface area contributed by atoms with Gasteiger partial charge in [0.25, 0.3) is 0 Å². The third-order valence-electron chi connectivity index (χ3n) is 4.85. The highest BCUT2D eigenvalue weighted by Gasteiger charge is 2.35. The molecule has 0 aliphatic carbocycles. The monoisotopic (exact) mass is 382 g/mol. The number of carbonyl (C=O) groups is 1. The number of rotatable bonds is 5. The minimum absolute atomic E-state index is 0.0136. The Balaban J connectivity index is 1.56. The average Bonchev–Trinajstić information content (AvgIpc) is 3.31. The van der Waals surface area contributed by atoms with Gasteiger partial charge in [0.05, 0.1) is 12.6 Å². The number of carbonyl (C=O) groups excluding carboxylic acids is 1. The SMILES string of the molecule is CC(C)[C@@H]1c2nc(-c3cccnc3)nn2CCN1C(=O)CCc1n[nH]c(=O)[nH]1. The molecule has 0 bridgehead atoms. The van der Waals surface area contributed by atoms with Gasteiger partial charge in [-0.25, -0.2) is 19.6 Å². The van der Waals surface area contributed by atoms with Crippen LogP contribution in [0.3, 0.4) is 0 Å². The van der Waals surface area contributed by atoms with Gasteiger partial charge in [-0.3, -0.25) is 14.8 Å². The molecule has 1 aliphatic rings. The van der Waals surface area contributed by atoms with E-state index in [0.717, 1.165) is 11.4 Å². The van der Waals surface area contributed by atoms with Crippen LogP contribution in [0, 0.1) is 5.92 Å². The van der Waals surface area contributed by atoms with Gasteiger partial charge in [0, 0.05) is 37.3 Å². The Morgan fingerprint density at radius 2 is 2.21 bits per heavy atom. The van der Waals surface area contributed by atoms with E-state index >= 15 is 0 Å². The van der Waals surface area contributed by atoms with E-state index in [0.29, 0.717) is 31.2 Å². The van der Waals surface area contributed by atoms with Gasteiger partial charge in [0.1, 0.15) is 5.82 Å². The number of hydrogen-bond acceptors (Lipinski definition) is 6. The van der Waals surface area contributed by atoms with Crippen molar-refractivity contribution in [3.8, 4) is 11.4 Å². The van der Waals surface area contributed by atoms with E-state index in [9.17, 15) is 9.59 Å². The van der Waals surface area contributed by atoms with Crippen molar-refractivity contribution in [3.05, 3.63) is 46.7 Å². The molecule has 0 radical (unpaired) electrons. The number of pyridine rings is 1. The predicted molar refractivity (Wildman–Crippen MR) is 100 cm³/mol. The fraction of sp³-hybridized carbons (Fsp3) is 0.444. The maximum absolute atomic E-state index is 12.9. The second kappa shape index (κ2) is 7.37. The van der Waals surface area contributed by atoms with Crippen molar-refractivity contribution < 1.29 is 4.79 Å². The molecule has 1 amide bonds. The minimum Gasteiger partial charge on any atom is -0.330 e. The van der Waals surface area contributed by atoms with E-state index in [-0.39, 0.29) is 30.0 Å². The van der Waals surface area contributed by atoms with Gasteiger partial charge < -0.3 is 4.90 Å². The minimum atomic E-state index is -0.364. The highest BCUT2D eigenvalue weighted by molar-refractivity contribution is 5.77. The maximum Gasteiger partial charge on any atom is 0.340 e. The van der Waals surface area contributed by atoms with Gasteiger partial charge in [-0.15, -0.1) is 0 Å². The quantitative estimate of drug-likeness (QED) is 0.676. The van der Waals surface area contributed by atoms with Crippen molar-refractivity contribution in [3.63, 3.8) is 0 Å². The summed E-state index contributed by atoms with van der Waals surface area (Å²) in [6.07, 6.45) is 4.10. The van der Waals surface area contributed by atoms with Crippen LogP contribution in [0.5, 0.6) is 0 Å². The summed E-state index contributed by atoms with van der Waals surface area (Å²) < 4.78 is 1.89. The molecule has 3 aromatic rings. The van der Waals surface area contributed by atoms with Gasteiger partial charge in [0.2, 0.25) is 5.91 Å². The Morgan fingerprint density at radius 1 is 1.36 bits per heavy atom. The smallest absolute Gasteiger partial charge is 0.330 e. The molecule has 0 unspecified atom stereocenters. The zero-order valence-corrected chi connectivity index (χ0v) is 15.8. The van der Waals surface area contributed by atoms with Crippen LogP contribution in [-0.2, 0) is 17.8 Å². The molecular formula is C18H22N8O2.